The van der Waals surface area contributed by atoms with Gasteiger partial charge in [0.2, 0.25) is 0 Å². The van der Waals surface area contributed by atoms with Crippen molar-refractivity contribution in [2.45, 2.75) is 59.1 Å². The molecule has 7 heteroatoms. The van der Waals surface area contributed by atoms with E-state index < -0.39 is 23.1 Å². The minimum atomic E-state index is -1.30. The number of aromatic nitrogens is 2. The third kappa shape index (κ3) is 6.54. The van der Waals surface area contributed by atoms with Crippen LogP contribution in [0.5, 0.6) is 0 Å². The molecule has 7 nitrogen and oxygen atoms in total. The van der Waals surface area contributed by atoms with E-state index in [1.54, 1.807) is 36.4 Å². The number of hydrogen-bond donors (Lipinski definition) is 1. The molecule has 1 heterocycles. The average molecular weight is 539 g/mol. The van der Waals surface area contributed by atoms with Crippen LogP contribution in [0.3, 0.4) is 0 Å². The van der Waals surface area contributed by atoms with Crippen molar-refractivity contribution in [3.8, 4) is 22.4 Å². The lowest BCUT2D eigenvalue weighted by molar-refractivity contribution is 0.00702. The first-order valence-electron chi connectivity index (χ1n) is 13.4. The number of hydrogen-bond acceptors (Lipinski definition) is 5. The van der Waals surface area contributed by atoms with E-state index in [1.807, 2.05) is 63.2 Å². The highest BCUT2D eigenvalue weighted by Crippen LogP contribution is 2.27. The number of carbonyl (C=O) groups is 2. The number of ether oxygens (including phenoxy) is 1. The molecule has 0 spiro atoms. The molecule has 0 aliphatic heterocycles. The van der Waals surface area contributed by atoms with E-state index in [0.29, 0.717) is 23.4 Å². The Hall–Kier alpha value is -4.52. The predicted octanol–water partition coefficient (Wildman–Crippen LogP) is 6.62. The van der Waals surface area contributed by atoms with Crippen LogP contribution in [0.4, 0.5) is 0 Å². The van der Waals surface area contributed by atoms with Crippen LogP contribution in [-0.4, -0.2) is 32.2 Å². The second kappa shape index (κ2) is 12.1. The summed E-state index contributed by atoms with van der Waals surface area (Å²) in [4.78, 5) is 43.4. The van der Waals surface area contributed by atoms with E-state index in [-0.39, 0.29) is 17.8 Å². The molecule has 0 radical (unpaired) electrons. The maximum atomic E-state index is 13.6. The highest BCUT2D eigenvalue weighted by molar-refractivity contribution is 5.97. The minimum Gasteiger partial charge on any atom is -0.477 e. The Morgan fingerprint density at radius 1 is 0.900 bits per heavy atom. The van der Waals surface area contributed by atoms with Crippen molar-refractivity contribution < 1.29 is 19.4 Å². The summed E-state index contributed by atoms with van der Waals surface area (Å²) in [6.07, 6.45) is 2.27. The molecule has 0 aliphatic rings. The number of carboxylic acids is 1. The van der Waals surface area contributed by atoms with Crippen LogP contribution in [0.15, 0.2) is 83.7 Å². The molecule has 0 saturated heterocycles. The topological polar surface area (TPSA) is 98.5 Å². The largest absolute Gasteiger partial charge is 0.477 e. The van der Waals surface area contributed by atoms with Crippen LogP contribution in [0.2, 0.25) is 0 Å². The summed E-state index contributed by atoms with van der Waals surface area (Å²) in [7, 11) is 0. The SMILES string of the molecule is CCCCc1nc(-c2ccccc2)c(C(=O)O)c(=O)n1Cc1ccc(-c2ccccc2C(=O)OC(C)(C)C)cc1. The quantitative estimate of drug-likeness (QED) is 0.241. The summed E-state index contributed by atoms with van der Waals surface area (Å²) in [5, 5.41) is 9.98. The first kappa shape index (κ1) is 28.5. The smallest absolute Gasteiger partial charge is 0.343 e. The number of rotatable bonds is 9. The standard InChI is InChI=1S/C33H34N2O5/c1-5-6-16-27-34-29(24-12-8-7-9-13-24)28(31(37)38)30(36)35(27)21-22-17-19-23(20-18-22)25-14-10-11-15-26(25)32(39)40-33(2,3)4/h7-15,17-20H,5-6,16,21H2,1-4H3,(H,37,38). The lowest BCUT2D eigenvalue weighted by atomic mass is 9.98. The lowest BCUT2D eigenvalue weighted by Gasteiger charge is -2.20. The van der Waals surface area contributed by atoms with E-state index >= 15 is 0 Å². The Morgan fingerprint density at radius 3 is 2.17 bits per heavy atom. The maximum Gasteiger partial charge on any atom is 0.343 e. The maximum absolute atomic E-state index is 13.6. The van der Waals surface area contributed by atoms with Crippen LogP contribution in [0, 0.1) is 0 Å². The van der Waals surface area contributed by atoms with Gasteiger partial charge in [0.15, 0.2) is 5.56 Å². The molecule has 0 unspecified atom stereocenters. The van der Waals surface area contributed by atoms with Crippen LogP contribution in [0.25, 0.3) is 22.4 Å². The van der Waals surface area contributed by atoms with Gasteiger partial charge in [-0.25, -0.2) is 14.6 Å². The number of unbranched alkanes of at least 4 members (excludes halogenated alkanes) is 1. The monoisotopic (exact) mass is 538 g/mol. The lowest BCUT2D eigenvalue weighted by Crippen LogP contribution is -2.32. The zero-order chi connectivity index (χ0) is 28.9. The molecule has 0 bridgehead atoms. The summed E-state index contributed by atoms with van der Waals surface area (Å²) in [6, 6.07) is 23.7. The molecule has 40 heavy (non-hydrogen) atoms. The predicted molar refractivity (Wildman–Crippen MR) is 156 cm³/mol. The molecular weight excluding hydrogens is 504 g/mol. The molecule has 4 aromatic rings. The van der Waals surface area contributed by atoms with Gasteiger partial charge < -0.3 is 9.84 Å². The van der Waals surface area contributed by atoms with E-state index in [1.165, 1.54) is 4.57 Å². The zero-order valence-electron chi connectivity index (χ0n) is 23.3. The van der Waals surface area contributed by atoms with Gasteiger partial charge in [0.1, 0.15) is 11.4 Å². The van der Waals surface area contributed by atoms with E-state index in [0.717, 1.165) is 29.5 Å². The average Bonchev–Trinajstić information content (AvgIpc) is 2.93. The molecule has 1 aromatic heterocycles. The first-order chi connectivity index (χ1) is 19.1. The van der Waals surface area contributed by atoms with Gasteiger partial charge in [-0.3, -0.25) is 9.36 Å². The Kier molecular flexibility index (Phi) is 8.63. The van der Waals surface area contributed by atoms with Crippen LogP contribution < -0.4 is 5.56 Å². The fourth-order valence-electron chi connectivity index (χ4n) is 4.50. The van der Waals surface area contributed by atoms with Crippen molar-refractivity contribution in [2.24, 2.45) is 0 Å². The minimum absolute atomic E-state index is 0.175. The molecule has 0 saturated carbocycles. The van der Waals surface area contributed by atoms with Crippen molar-refractivity contribution in [1.82, 2.24) is 9.55 Å². The first-order valence-corrected chi connectivity index (χ1v) is 13.4. The van der Waals surface area contributed by atoms with E-state index in [4.69, 9.17) is 9.72 Å². The Bertz CT molecular complexity index is 1570. The van der Waals surface area contributed by atoms with Gasteiger partial charge in [-0.2, -0.15) is 0 Å². The fraction of sp³-hybridized carbons (Fsp3) is 0.273. The summed E-state index contributed by atoms with van der Waals surface area (Å²) in [5.41, 5.74) is 2.10. The molecule has 4 rings (SSSR count). The van der Waals surface area contributed by atoms with Crippen LogP contribution >= 0.6 is 0 Å². The molecule has 0 amide bonds. The molecule has 3 aromatic carbocycles. The number of nitrogens with zero attached hydrogens (tertiary/aromatic N) is 2. The van der Waals surface area contributed by atoms with Crippen molar-refractivity contribution in [2.75, 3.05) is 0 Å². The van der Waals surface area contributed by atoms with Crippen LogP contribution in [0.1, 0.15) is 72.6 Å². The van der Waals surface area contributed by atoms with Gasteiger partial charge >= 0.3 is 11.9 Å². The Morgan fingerprint density at radius 2 is 1.55 bits per heavy atom. The molecule has 1 N–H and O–H groups in total. The number of aromatic carboxylic acids is 1. The van der Waals surface area contributed by atoms with Gasteiger partial charge in [0.25, 0.3) is 5.56 Å². The second-order valence-corrected chi connectivity index (χ2v) is 10.7. The van der Waals surface area contributed by atoms with Gasteiger partial charge in [0.05, 0.1) is 17.8 Å². The van der Waals surface area contributed by atoms with Crippen molar-refractivity contribution in [3.05, 3.63) is 112 Å². The highest BCUT2D eigenvalue weighted by atomic mass is 16.6. The fourth-order valence-corrected chi connectivity index (χ4v) is 4.50. The highest BCUT2D eigenvalue weighted by Gasteiger charge is 2.24. The summed E-state index contributed by atoms with van der Waals surface area (Å²) in [5.74, 6) is -1.15. The molecule has 206 valence electrons. The molecular formula is C33H34N2O5. The van der Waals surface area contributed by atoms with Crippen molar-refractivity contribution >= 4 is 11.9 Å². The zero-order valence-corrected chi connectivity index (χ0v) is 23.3. The third-order valence-electron chi connectivity index (χ3n) is 6.41. The molecule has 0 fully saturated rings. The van der Waals surface area contributed by atoms with Gasteiger partial charge in [-0.1, -0.05) is 86.1 Å². The van der Waals surface area contributed by atoms with Gasteiger partial charge in [-0.05, 0) is 49.9 Å². The third-order valence-corrected chi connectivity index (χ3v) is 6.41. The summed E-state index contributed by atoms with van der Waals surface area (Å²) >= 11 is 0. The normalized spacial score (nSPS) is 11.3. The van der Waals surface area contributed by atoms with Gasteiger partial charge in [-0.15, -0.1) is 0 Å². The Balaban J connectivity index is 1.72. The second-order valence-electron chi connectivity index (χ2n) is 10.7. The van der Waals surface area contributed by atoms with E-state index in [2.05, 4.69) is 6.92 Å². The van der Waals surface area contributed by atoms with Crippen molar-refractivity contribution in [3.63, 3.8) is 0 Å². The number of esters is 1. The number of carbonyl (C=O) groups excluding carboxylic acids is 1. The summed E-state index contributed by atoms with van der Waals surface area (Å²) in [6.45, 7) is 7.72. The molecule has 0 atom stereocenters. The van der Waals surface area contributed by atoms with E-state index in [9.17, 15) is 19.5 Å². The number of carboxylic acid groups (broad SMARTS) is 1. The Labute approximate surface area is 234 Å². The molecule has 0 aliphatic carbocycles. The van der Waals surface area contributed by atoms with Crippen LogP contribution in [-0.2, 0) is 17.7 Å². The van der Waals surface area contributed by atoms with Crippen molar-refractivity contribution in [1.29, 1.82) is 0 Å². The van der Waals surface area contributed by atoms with Gasteiger partial charge in [0, 0.05) is 12.0 Å². The number of benzene rings is 3. The summed E-state index contributed by atoms with van der Waals surface area (Å²) < 4.78 is 7.05. The number of aryl methyl sites for hydroxylation is 1.